The maximum absolute atomic E-state index is 12.8. The summed E-state index contributed by atoms with van der Waals surface area (Å²) >= 11 is 0. The van der Waals surface area contributed by atoms with Crippen molar-refractivity contribution in [3.8, 4) is 28.8 Å². The van der Waals surface area contributed by atoms with Crippen LogP contribution in [-0.4, -0.2) is 42.0 Å². The molecule has 0 bridgehead atoms. The SMILES string of the molecule is CCOc1ccc(-n2c(O)c(C3NCCc4cc(OC)c(OC)cc43)c(=O)[nH]c2=O)cc1. The average molecular weight is 439 g/mol. The van der Waals surface area contributed by atoms with Crippen LogP contribution in [0, 0.1) is 0 Å². The van der Waals surface area contributed by atoms with Gasteiger partial charge in [-0.1, -0.05) is 0 Å². The molecule has 0 fully saturated rings. The van der Waals surface area contributed by atoms with E-state index in [1.165, 1.54) is 7.11 Å². The number of nitrogens with zero attached hydrogens (tertiary/aromatic N) is 1. The molecule has 0 aliphatic carbocycles. The van der Waals surface area contributed by atoms with Crippen molar-refractivity contribution in [2.24, 2.45) is 0 Å². The number of H-pyrrole nitrogens is 1. The molecule has 4 rings (SSSR count). The summed E-state index contributed by atoms with van der Waals surface area (Å²) in [4.78, 5) is 27.8. The van der Waals surface area contributed by atoms with Crippen molar-refractivity contribution in [2.45, 2.75) is 19.4 Å². The maximum Gasteiger partial charge on any atom is 0.335 e. The molecule has 9 heteroatoms. The monoisotopic (exact) mass is 439 g/mol. The van der Waals surface area contributed by atoms with Crippen molar-refractivity contribution >= 4 is 0 Å². The standard InChI is InChI=1S/C23H25N3O6/c1-4-32-15-7-5-14(6-8-15)26-22(28)19(21(27)25-23(26)29)20-16-12-18(31-3)17(30-2)11-13(16)9-10-24-20/h5-8,11-12,20,24,28H,4,9-10H2,1-3H3,(H,25,27,29). The van der Waals surface area contributed by atoms with Gasteiger partial charge in [0.05, 0.1) is 38.1 Å². The van der Waals surface area contributed by atoms with Gasteiger partial charge < -0.3 is 24.6 Å². The highest BCUT2D eigenvalue weighted by atomic mass is 16.5. The van der Waals surface area contributed by atoms with E-state index in [4.69, 9.17) is 14.2 Å². The third-order valence-corrected chi connectivity index (χ3v) is 5.51. The third kappa shape index (κ3) is 3.71. The van der Waals surface area contributed by atoms with Crippen molar-refractivity contribution in [3.63, 3.8) is 0 Å². The van der Waals surface area contributed by atoms with Crippen molar-refractivity contribution in [3.05, 3.63) is 73.9 Å². The number of hydrogen-bond donors (Lipinski definition) is 3. The van der Waals surface area contributed by atoms with Gasteiger partial charge in [0.15, 0.2) is 11.5 Å². The lowest BCUT2D eigenvalue weighted by Gasteiger charge is -2.28. The average Bonchev–Trinajstić information content (AvgIpc) is 2.79. The smallest absolute Gasteiger partial charge is 0.335 e. The Morgan fingerprint density at radius 3 is 2.44 bits per heavy atom. The van der Waals surface area contributed by atoms with Gasteiger partial charge in [-0.05, 0) is 60.9 Å². The minimum absolute atomic E-state index is 0.0478. The second kappa shape index (κ2) is 8.80. The Hall–Kier alpha value is -3.72. The van der Waals surface area contributed by atoms with E-state index in [1.807, 2.05) is 13.0 Å². The second-order valence-corrected chi connectivity index (χ2v) is 7.30. The number of nitrogens with one attached hydrogen (secondary N) is 2. The summed E-state index contributed by atoms with van der Waals surface area (Å²) in [5.41, 5.74) is 0.789. The lowest BCUT2D eigenvalue weighted by atomic mass is 9.90. The van der Waals surface area contributed by atoms with Gasteiger partial charge in [-0.15, -0.1) is 0 Å². The van der Waals surface area contributed by atoms with Crippen LogP contribution in [0.25, 0.3) is 5.69 Å². The van der Waals surface area contributed by atoms with E-state index in [-0.39, 0.29) is 5.56 Å². The zero-order valence-electron chi connectivity index (χ0n) is 18.1. The summed E-state index contributed by atoms with van der Waals surface area (Å²) in [5.74, 6) is 1.31. The van der Waals surface area contributed by atoms with Gasteiger partial charge in [-0.3, -0.25) is 9.78 Å². The van der Waals surface area contributed by atoms with Crippen molar-refractivity contribution in [1.82, 2.24) is 14.9 Å². The molecule has 168 valence electrons. The van der Waals surface area contributed by atoms with E-state index < -0.39 is 23.2 Å². The van der Waals surface area contributed by atoms with Gasteiger partial charge in [0.25, 0.3) is 5.56 Å². The number of ether oxygens (including phenoxy) is 3. The van der Waals surface area contributed by atoms with Gasteiger partial charge in [0, 0.05) is 6.54 Å². The van der Waals surface area contributed by atoms with E-state index in [9.17, 15) is 14.7 Å². The Labute approximate surface area is 184 Å². The molecule has 1 aromatic heterocycles. The first-order valence-electron chi connectivity index (χ1n) is 10.3. The van der Waals surface area contributed by atoms with Gasteiger partial charge in [0.2, 0.25) is 5.88 Å². The van der Waals surface area contributed by atoms with Crippen LogP contribution in [0.5, 0.6) is 23.1 Å². The molecular formula is C23H25N3O6. The largest absolute Gasteiger partial charge is 0.494 e. The molecule has 1 aliphatic rings. The summed E-state index contributed by atoms with van der Waals surface area (Å²) < 4.78 is 17.3. The quantitative estimate of drug-likeness (QED) is 0.537. The van der Waals surface area contributed by atoms with Crippen LogP contribution in [0.3, 0.4) is 0 Å². The summed E-state index contributed by atoms with van der Waals surface area (Å²) in [7, 11) is 3.10. The van der Waals surface area contributed by atoms with Crippen LogP contribution in [0.2, 0.25) is 0 Å². The fourth-order valence-corrected chi connectivity index (χ4v) is 4.04. The molecule has 1 atom stereocenters. The lowest BCUT2D eigenvalue weighted by Crippen LogP contribution is -2.38. The van der Waals surface area contributed by atoms with E-state index in [0.717, 1.165) is 15.7 Å². The Morgan fingerprint density at radius 1 is 1.09 bits per heavy atom. The van der Waals surface area contributed by atoms with Crippen LogP contribution in [0.1, 0.15) is 29.7 Å². The number of aromatic amines is 1. The number of benzene rings is 2. The molecule has 0 radical (unpaired) electrons. The van der Waals surface area contributed by atoms with E-state index >= 15 is 0 Å². The van der Waals surface area contributed by atoms with Crippen molar-refractivity contribution < 1.29 is 19.3 Å². The molecular weight excluding hydrogens is 414 g/mol. The van der Waals surface area contributed by atoms with Gasteiger partial charge in [-0.25, -0.2) is 9.36 Å². The Kier molecular flexibility index (Phi) is 5.91. The Balaban J connectivity index is 1.87. The van der Waals surface area contributed by atoms with Crippen LogP contribution in [0.15, 0.2) is 46.0 Å². The zero-order valence-corrected chi connectivity index (χ0v) is 18.1. The van der Waals surface area contributed by atoms with Crippen molar-refractivity contribution in [2.75, 3.05) is 27.4 Å². The minimum Gasteiger partial charge on any atom is -0.494 e. The fraction of sp³-hybridized carbons (Fsp3) is 0.304. The minimum atomic E-state index is -0.733. The Morgan fingerprint density at radius 2 is 1.78 bits per heavy atom. The van der Waals surface area contributed by atoms with Gasteiger partial charge in [-0.2, -0.15) is 0 Å². The number of aromatic hydroxyl groups is 1. The van der Waals surface area contributed by atoms with Crippen LogP contribution >= 0.6 is 0 Å². The molecule has 2 heterocycles. The number of methoxy groups -OCH3 is 2. The normalized spacial score (nSPS) is 15.2. The van der Waals surface area contributed by atoms with Crippen LogP contribution in [0.4, 0.5) is 0 Å². The van der Waals surface area contributed by atoms with Crippen LogP contribution in [-0.2, 0) is 6.42 Å². The predicted octanol–water partition coefficient (Wildman–Crippen LogP) is 1.88. The molecule has 2 aromatic carbocycles. The Bertz CT molecular complexity index is 1250. The topological polar surface area (TPSA) is 115 Å². The molecule has 0 saturated carbocycles. The van der Waals surface area contributed by atoms with E-state index in [1.54, 1.807) is 37.4 Å². The summed E-state index contributed by atoms with van der Waals surface area (Å²) in [5, 5.41) is 14.4. The number of aromatic nitrogens is 2. The molecule has 1 aliphatic heterocycles. The molecule has 32 heavy (non-hydrogen) atoms. The molecule has 0 amide bonds. The molecule has 0 spiro atoms. The molecule has 1 unspecified atom stereocenters. The first kappa shape index (κ1) is 21.5. The third-order valence-electron chi connectivity index (χ3n) is 5.51. The zero-order chi connectivity index (χ0) is 22.8. The first-order valence-corrected chi connectivity index (χ1v) is 10.3. The summed E-state index contributed by atoms with van der Waals surface area (Å²) in [6.45, 7) is 2.96. The second-order valence-electron chi connectivity index (χ2n) is 7.30. The highest BCUT2D eigenvalue weighted by molar-refractivity contribution is 5.53. The van der Waals surface area contributed by atoms with Crippen LogP contribution < -0.4 is 30.8 Å². The first-order chi connectivity index (χ1) is 15.5. The number of rotatable bonds is 6. The van der Waals surface area contributed by atoms with Crippen molar-refractivity contribution in [1.29, 1.82) is 0 Å². The van der Waals surface area contributed by atoms with Gasteiger partial charge in [0.1, 0.15) is 5.75 Å². The highest BCUT2D eigenvalue weighted by Gasteiger charge is 2.30. The fourth-order valence-electron chi connectivity index (χ4n) is 4.04. The molecule has 9 nitrogen and oxygen atoms in total. The highest BCUT2D eigenvalue weighted by Crippen LogP contribution is 2.38. The summed E-state index contributed by atoms with van der Waals surface area (Å²) in [6.07, 6.45) is 0.712. The number of fused-ring (bicyclic) bond motifs is 1. The predicted molar refractivity (Wildman–Crippen MR) is 119 cm³/mol. The molecule has 3 N–H and O–H groups in total. The van der Waals surface area contributed by atoms with Gasteiger partial charge >= 0.3 is 5.69 Å². The number of hydrogen-bond acceptors (Lipinski definition) is 7. The summed E-state index contributed by atoms with van der Waals surface area (Å²) in [6, 6.07) is 9.69. The van der Waals surface area contributed by atoms with E-state index in [2.05, 4.69) is 10.3 Å². The van der Waals surface area contributed by atoms with E-state index in [0.29, 0.717) is 42.5 Å². The maximum atomic E-state index is 12.8. The molecule has 3 aromatic rings. The molecule has 0 saturated heterocycles. The lowest BCUT2D eigenvalue weighted by molar-refractivity contribution is 0.340.